The highest BCUT2D eigenvalue weighted by Gasteiger charge is 2.10. The quantitative estimate of drug-likeness (QED) is 0.605. The molecular weight excluding hydrogens is 232 g/mol. The molecule has 0 aliphatic carbocycles. The molecule has 0 unspecified atom stereocenters. The zero-order valence-electron chi connectivity index (χ0n) is 11.0. The number of nitrogens with one attached hydrogen (secondary N) is 1. The molecule has 0 aromatic carbocycles. The van der Waals surface area contributed by atoms with E-state index in [0.29, 0.717) is 0 Å². The second-order valence-corrected chi connectivity index (χ2v) is 4.92. The van der Waals surface area contributed by atoms with E-state index in [9.17, 15) is 0 Å². The average Bonchev–Trinajstić information content (AvgIpc) is 2.28. The van der Waals surface area contributed by atoms with Crippen LogP contribution in [0.15, 0.2) is 0 Å². The second kappa shape index (κ2) is 9.66. The van der Waals surface area contributed by atoms with Gasteiger partial charge in [0, 0.05) is 32.8 Å². The SMILES string of the molecule is CCOCCCNC(=S)N1CCCCCCC1. The van der Waals surface area contributed by atoms with E-state index in [4.69, 9.17) is 17.0 Å². The van der Waals surface area contributed by atoms with Gasteiger partial charge in [0.05, 0.1) is 0 Å². The summed E-state index contributed by atoms with van der Waals surface area (Å²) in [5.74, 6) is 0. The van der Waals surface area contributed by atoms with Crippen molar-refractivity contribution in [2.45, 2.75) is 45.4 Å². The van der Waals surface area contributed by atoms with E-state index >= 15 is 0 Å². The highest BCUT2D eigenvalue weighted by atomic mass is 32.1. The first kappa shape index (κ1) is 14.7. The molecule has 1 aliphatic heterocycles. The van der Waals surface area contributed by atoms with Crippen molar-refractivity contribution >= 4 is 17.3 Å². The van der Waals surface area contributed by atoms with Gasteiger partial charge in [-0.3, -0.25) is 0 Å². The molecule has 1 rings (SSSR count). The maximum Gasteiger partial charge on any atom is 0.168 e. The van der Waals surface area contributed by atoms with Crippen LogP contribution in [-0.4, -0.2) is 42.9 Å². The molecule has 0 radical (unpaired) electrons. The fraction of sp³-hybridized carbons (Fsp3) is 0.923. The Labute approximate surface area is 111 Å². The van der Waals surface area contributed by atoms with Crippen molar-refractivity contribution < 1.29 is 4.74 Å². The van der Waals surface area contributed by atoms with Crippen LogP contribution in [-0.2, 0) is 4.74 Å². The summed E-state index contributed by atoms with van der Waals surface area (Å²) in [5.41, 5.74) is 0. The molecule has 0 saturated carbocycles. The molecule has 1 heterocycles. The van der Waals surface area contributed by atoms with Gasteiger partial charge >= 0.3 is 0 Å². The third-order valence-electron chi connectivity index (χ3n) is 3.09. The van der Waals surface area contributed by atoms with E-state index in [2.05, 4.69) is 10.2 Å². The minimum Gasteiger partial charge on any atom is -0.382 e. The fourth-order valence-electron chi connectivity index (χ4n) is 2.08. The van der Waals surface area contributed by atoms with Crippen LogP contribution in [0.25, 0.3) is 0 Å². The number of likely N-dealkylation sites (tertiary alicyclic amines) is 1. The van der Waals surface area contributed by atoms with Gasteiger partial charge in [-0.15, -0.1) is 0 Å². The van der Waals surface area contributed by atoms with Crippen LogP contribution < -0.4 is 5.32 Å². The summed E-state index contributed by atoms with van der Waals surface area (Å²) in [5, 5.41) is 4.27. The Kier molecular flexibility index (Phi) is 8.36. The van der Waals surface area contributed by atoms with Crippen LogP contribution in [0, 0.1) is 0 Å². The van der Waals surface area contributed by atoms with E-state index in [1.54, 1.807) is 0 Å². The Balaban J connectivity index is 2.11. The van der Waals surface area contributed by atoms with Gasteiger partial charge in [0.25, 0.3) is 0 Å². The van der Waals surface area contributed by atoms with Crippen molar-refractivity contribution in [3.63, 3.8) is 0 Å². The Morgan fingerprint density at radius 3 is 2.47 bits per heavy atom. The van der Waals surface area contributed by atoms with Crippen LogP contribution in [0.5, 0.6) is 0 Å². The highest BCUT2D eigenvalue weighted by molar-refractivity contribution is 7.80. The molecule has 0 amide bonds. The number of hydrogen-bond donors (Lipinski definition) is 1. The lowest BCUT2D eigenvalue weighted by Crippen LogP contribution is -2.41. The Hall–Kier alpha value is -0.350. The lowest BCUT2D eigenvalue weighted by atomic mass is 10.1. The molecule has 1 N–H and O–H groups in total. The Morgan fingerprint density at radius 1 is 1.18 bits per heavy atom. The lowest BCUT2D eigenvalue weighted by molar-refractivity contribution is 0.145. The summed E-state index contributed by atoms with van der Waals surface area (Å²) in [7, 11) is 0. The first-order chi connectivity index (χ1) is 8.34. The summed E-state index contributed by atoms with van der Waals surface area (Å²) in [6.07, 6.45) is 7.68. The molecule has 1 fully saturated rings. The van der Waals surface area contributed by atoms with Crippen LogP contribution >= 0.6 is 12.2 Å². The summed E-state index contributed by atoms with van der Waals surface area (Å²) in [6, 6.07) is 0. The van der Waals surface area contributed by atoms with Crippen molar-refractivity contribution in [1.82, 2.24) is 10.2 Å². The third-order valence-corrected chi connectivity index (χ3v) is 3.49. The molecular formula is C13H26N2OS. The molecule has 0 aromatic heterocycles. The standard InChI is InChI=1S/C13H26N2OS/c1-2-16-12-8-9-14-13(17)15-10-6-4-3-5-7-11-15/h2-12H2,1H3,(H,14,17). The molecule has 0 bridgehead atoms. The number of ether oxygens (including phenoxy) is 1. The molecule has 17 heavy (non-hydrogen) atoms. The van der Waals surface area contributed by atoms with Gasteiger partial charge in [0.2, 0.25) is 0 Å². The molecule has 1 aliphatic rings. The van der Waals surface area contributed by atoms with Crippen LogP contribution in [0.4, 0.5) is 0 Å². The van der Waals surface area contributed by atoms with Crippen LogP contribution in [0.1, 0.15) is 45.4 Å². The number of thiocarbonyl (C=S) groups is 1. The molecule has 0 atom stereocenters. The summed E-state index contributed by atoms with van der Waals surface area (Å²) in [6.45, 7) is 6.82. The normalized spacial score (nSPS) is 17.4. The van der Waals surface area contributed by atoms with Crippen molar-refractivity contribution in [2.75, 3.05) is 32.8 Å². The molecule has 1 saturated heterocycles. The van der Waals surface area contributed by atoms with Crippen LogP contribution in [0.2, 0.25) is 0 Å². The first-order valence-electron chi connectivity index (χ1n) is 6.95. The predicted molar refractivity (Wildman–Crippen MR) is 76.4 cm³/mol. The maximum absolute atomic E-state index is 5.43. The third kappa shape index (κ3) is 6.84. The molecule has 3 nitrogen and oxygen atoms in total. The smallest absolute Gasteiger partial charge is 0.168 e. The predicted octanol–water partition coefficient (Wildman–Crippen LogP) is 2.55. The minimum absolute atomic E-state index is 0.802. The second-order valence-electron chi connectivity index (χ2n) is 4.54. The molecule has 0 aromatic rings. The zero-order valence-corrected chi connectivity index (χ0v) is 11.9. The Bertz CT molecular complexity index is 204. The fourth-order valence-corrected chi connectivity index (χ4v) is 2.36. The molecule has 0 spiro atoms. The Morgan fingerprint density at radius 2 is 1.82 bits per heavy atom. The summed E-state index contributed by atoms with van der Waals surface area (Å²) >= 11 is 5.43. The van der Waals surface area contributed by atoms with Crippen molar-refractivity contribution in [3.8, 4) is 0 Å². The van der Waals surface area contributed by atoms with Gasteiger partial charge in [-0.25, -0.2) is 0 Å². The van der Waals surface area contributed by atoms with Crippen molar-refractivity contribution in [3.05, 3.63) is 0 Å². The van der Waals surface area contributed by atoms with Crippen LogP contribution in [0.3, 0.4) is 0 Å². The van der Waals surface area contributed by atoms with Gasteiger partial charge in [-0.2, -0.15) is 0 Å². The summed E-state index contributed by atoms with van der Waals surface area (Å²) in [4.78, 5) is 2.33. The van der Waals surface area contributed by atoms with Gasteiger partial charge in [0.1, 0.15) is 0 Å². The lowest BCUT2D eigenvalue weighted by Gasteiger charge is -2.27. The van der Waals surface area contributed by atoms with Gasteiger partial charge in [0.15, 0.2) is 5.11 Å². The van der Waals surface area contributed by atoms with E-state index in [0.717, 1.165) is 44.4 Å². The highest BCUT2D eigenvalue weighted by Crippen LogP contribution is 2.10. The maximum atomic E-state index is 5.43. The van der Waals surface area contributed by atoms with E-state index < -0.39 is 0 Å². The largest absolute Gasteiger partial charge is 0.382 e. The number of nitrogens with zero attached hydrogens (tertiary/aromatic N) is 1. The van der Waals surface area contributed by atoms with Crippen molar-refractivity contribution in [2.24, 2.45) is 0 Å². The molecule has 100 valence electrons. The number of rotatable bonds is 5. The minimum atomic E-state index is 0.802. The topological polar surface area (TPSA) is 24.5 Å². The van der Waals surface area contributed by atoms with E-state index in [-0.39, 0.29) is 0 Å². The molecule has 4 heteroatoms. The summed E-state index contributed by atoms with van der Waals surface area (Å²) < 4.78 is 5.30. The van der Waals surface area contributed by atoms with Gasteiger partial charge < -0.3 is 15.0 Å². The zero-order chi connectivity index (χ0) is 12.3. The number of hydrogen-bond acceptors (Lipinski definition) is 2. The first-order valence-corrected chi connectivity index (χ1v) is 7.36. The van der Waals surface area contributed by atoms with Gasteiger partial charge in [-0.05, 0) is 38.4 Å². The average molecular weight is 258 g/mol. The van der Waals surface area contributed by atoms with E-state index in [1.165, 1.54) is 32.1 Å². The van der Waals surface area contributed by atoms with Gasteiger partial charge in [-0.1, -0.05) is 19.3 Å². The van der Waals surface area contributed by atoms with Crippen molar-refractivity contribution in [1.29, 1.82) is 0 Å². The van der Waals surface area contributed by atoms with E-state index in [1.807, 2.05) is 6.92 Å². The monoisotopic (exact) mass is 258 g/mol.